The predicted molar refractivity (Wildman–Crippen MR) is 61.6 cm³/mol. The highest BCUT2D eigenvalue weighted by molar-refractivity contribution is 5.82. The van der Waals surface area contributed by atoms with Crippen LogP contribution in [0.5, 0.6) is 0 Å². The summed E-state index contributed by atoms with van der Waals surface area (Å²) in [6, 6.07) is -0.356. The first kappa shape index (κ1) is 13.9. The monoisotopic (exact) mass is 244 g/mol. The second-order valence-corrected chi connectivity index (χ2v) is 4.52. The highest BCUT2D eigenvalue weighted by Crippen LogP contribution is 2.07. The van der Waals surface area contributed by atoms with E-state index in [1.165, 1.54) is 0 Å². The summed E-state index contributed by atoms with van der Waals surface area (Å²) in [7, 11) is 0. The number of carboxylic acids is 1. The molecule has 6 nitrogen and oxygen atoms in total. The van der Waals surface area contributed by atoms with Crippen molar-refractivity contribution >= 4 is 11.9 Å². The Kier molecular flexibility index (Phi) is 5.37. The minimum atomic E-state index is -0.910. The molecule has 6 heteroatoms. The summed E-state index contributed by atoms with van der Waals surface area (Å²) in [6.45, 7) is 5.49. The van der Waals surface area contributed by atoms with E-state index in [9.17, 15) is 9.59 Å². The number of ether oxygens (including phenoxy) is 1. The van der Waals surface area contributed by atoms with E-state index in [0.717, 1.165) is 6.54 Å². The first-order valence-corrected chi connectivity index (χ1v) is 5.85. The van der Waals surface area contributed by atoms with Crippen molar-refractivity contribution in [2.45, 2.75) is 32.4 Å². The van der Waals surface area contributed by atoms with Gasteiger partial charge in [-0.1, -0.05) is 13.8 Å². The Balaban J connectivity index is 2.47. The third-order valence-electron chi connectivity index (χ3n) is 2.75. The fourth-order valence-electron chi connectivity index (χ4n) is 1.65. The van der Waals surface area contributed by atoms with Crippen molar-refractivity contribution in [1.29, 1.82) is 0 Å². The topological polar surface area (TPSA) is 87.7 Å². The Morgan fingerprint density at radius 3 is 2.71 bits per heavy atom. The van der Waals surface area contributed by atoms with Crippen LogP contribution in [0.25, 0.3) is 0 Å². The average molecular weight is 244 g/mol. The lowest BCUT2D eigenvalue weighted by molar-refractivity contribution is -0.139. The number of hydrogen-bond donors (Lipinski definition) is 3. The fraction of sp³-hybridized carbons (Fsp3) is 0.818. The van der Waals surface area contributed by atoms with Crippen molar-refractivity contribution in [2.24, 2.45) is 5.92 Å². The lowest BCUT2D eigenvalue weighted by atomic mass is 10.0. The molecular formula is C11H20N2O4. The lowest BCUT2D eigenvalue weighted by Gasteiger charge is -2.26. The maximum Gasteiger partial charge on any atom is 0.305 e. The second kappa shape index (κ2) is 6.56. The van der Waals surface area contributed by atoms with Gasteiger partial charge in [0.2, 0.25) is 0 Å². The summed E-state index contributed by atoms with van der Waals surface area (Å²) in [5.41, 5.74) is 0. The number of rotatable bonds is 5. The first-order valence-electron chi connectivity index (χ1n) is 5.85. The predicted octanol–water partition coefficient (Wildman–Crippen LogP) is -0.410. The summed E-state index contributed by atoms with van der Waals surface area (Å²) in [5, 5.41) is 14.6. The van der Waals surface area contributed by atoms with E-state index in [1.54, 1.807) is 0 Å². The molecule has 17 heavy (non-hydrogen) atoms. The number of carbonyl (C=O) groups excluding carboxylic acids is 1. The van der Waals surface area contributed by atoms with Gasteiger partial charge in [-0.25, -0.2) is 0 Å². The number of hydrogen-bond acceptors (Lipinski definition) is 4. The first-order chi connectivity index (χ1) is 8.00. The smallest absolute Gasteiger partial charge is 0.305 e. The van der Waals surface area contributed by atoms with Crippen LogP contribution in [0.1, 0.15) is 20.3 Å². The summed E-state index contributed by atoms with van der Waals surface area (Å²) < 4.78 is 5.30. The fourth-order valence-corrected chi connectivity index (χ4v) is 1.65. The molecule has 1 heterocycles. The number of carboxylic acid groups (broad SMARTS) is 1. The average Bonchev–Trinajstić information content (AvgIpc) is 2.28. The molecule has 1 aliphatic heterocycles. The molecule has 0 aromatic carbocycles. The molecule has 0 aromatic rings. The summed E-state index contributed by atoms with van der Waals surface area (Å²) in [4.78, 5) is 22.5. The largest absolute Gasteiger partial charge is 0.481 e. The van der Waals surface area contributed by atoms with Crippen molar-refractivity contribution in [3.05, 3.63) is 0 Å². The summed E-state index contributed by atoms with van der Waals surface area (Å²) >= 11 is 0. The highest BCUT2D eigenvalue weighted by atomic mass is 16.5. The van der Waals surface area contributed by atoms with Crippen molar-refractivity contribution in [1.82, 2.24) is 10.6 Å². The van der Waals surface area contributed by atoms with E-state index in [0.29, 0.717) is 13.2 Å². The number of nitrogens with one attached hydrogen (secondary N) is 2. The number of aliphatic carboxylic acids is 1. The minimum Gasteiger partial charge on any atom is -0.481 e. The Hall–Kier alpha value is -1.14. The molecule has 1 fully saturated rings. The van der Waals surface area contributed by atoms with E-state index in [4.69, 9.17) is 9.84 Å². The van der Waals surface area contributed by atoms with Crippen LogP contribution in [-0.4, -0.2) is 48.8 Å². The van der Waals surface area contributed by atoms with E-state index >= 15 is 0 Å². The van der Waals surface area contributed by atoms with Crippen molar-refractivity contribution in [2.75, 3.05) is 19.7 Å². The SMILES string of the molecule is CC(C)C(CC(=O)O)NC(=O)C1CNCCO1. The van der Waals surface area contributed by atoms with Gasteiger partial charge in [-0.3, -0.25) is 9.59 Å². The van der Waals surface area contributed by atoms with Gasteiger partial charge in [-0.05, 0) is 5.92 Å². The Morgan fingerprint density at radius 1 is 1.53 bits per heavy atom. The zero-order chi connectivity index (χ0) is 12.8. The molecule has 0 radical (unpaired) electrons. The number of morpholine rings is 1. The molecule has 0 saturated carbocycles. The van der Waals surface area contributed by atoms with Crippen LogP contribution < -0.4 is 10.6 Å². The van der Waals surface area contributed by atoms with Crippen LogP contribution in [0.15, 0.2) is 0 Å². The quantitative estimate of drug-likeness (QED) is 0.612. The molecule has 1 rings (SSSR count). The van der Waals surface area contributed by atoms with Crippen molar-refractivity contribution < 1.29 is 19.4 Å². The third-order valence-corrected chi connectivity index (χ3v) is 2.75. The van der Waals surface area contributed by atoms with Crippen LogP contribution in [0.3, 0.4) is 0 Å². The van der Waals surface area contributed by atoms with Gasteiger partial charge in [0.1, 0.15) is 6.10 Å². The summed E-state index contributed by atoms with van der Waals surface area (Å²) in [5.74, 6) is -1.07. The van der Waals surface area contributed by atoms with Crippen LogP contribution in [-0.2, 0) is 14.3 Å². The minimum absolute atomic E-state index is 0.0659. The van der Waals surface area contributed by atoms with Crippen LogP contribution in [0.4, 0.5) is 0 Å². The Bertz CT molecular complexity index is 275. The summed E-state index contributed by atoms with van der Waals surface area (Å²) in [6.07, 6.45) is -0.581. The molecule has 2 atom stereocenters. The van der Waals surface area contributed by atoms with Crippen molar-refractivity contribution in [3.63, 3.8) is 0 Å². The molecule has 0 aliphatic carbocycles. The number of carbonyl (C=O) groups is 2. The molecule has 1 amide bonds. The highest BCUT2D eigenvalue weighted by Gasteiger charge is 2.26. The molecule has 0 spiro atoms. The normalized spacial score (nSPS) is 22.2. The van der Waals surface area contributed by atoms with Crippen LogP contribution >= 0.6 is 0 Å². The number of amides is 1. The lowest BCUT2D eigenvalue weighted by Crippen LogP contribution is -2.51. The van der Waals surface area contributed by atoms with Gasteiger partial charge in [-0.15, -0.1) is 0 Å². The van der Waals surface area contributed by atoms with Gasteiger partial charge in [0.25, 0.3) is 5.91 Å². The van der Waals surface area contributed by atoms with E-state index in [2.05, 4.69) is 10.6 Å². The van der Waals surface area contributed by atoms with Gasteiger partial charge >= 0.3 is 5.97 Å². The molecule has 0 aromatic heterocycles. The molecule has 1 saturated heterocycles. The molecule has 2 unspecified atom stereocenters. The van der Waals surface area contributed by atoms with Gasteiger partial charge in [0.05, 0.1) is 13.0 Å². The molecule has 3 N–H and O–H groups in total. The molecule has 98 valence electrons. The third kappa shape index (κ3) is 4.70. The molecule has 1 aliphatic rings. The van der Waals surface area contributed by atoms with Gasteiger partial charge in [0, 0.05) is 19.1 Å². The van der Waals surface area contributed by atoms with Crippen LogP contribution in [0.2, 0.25) is 0 Å². The maximum atomic E-state index is 11.8. The van der Waals surface area contributed by atoms with E-state index < -0.39 is 12.1 Å². The van der Waals surface area contributed by atoms with E-state index in [1.807, 2.05) is 13.8 Å². The van der Waals surface area contributed by atoms with Gasteiger partial charge < -0.3 is 20.5 Å². The molecule has 0 bridgehead atoms. The van der Waals surface area contributed by atoms with Crippen molar-refractivity contribution in [3.8, 4) is 0 Å². The van der Waals surface area contributed by atoms with E-state index in [-0.39, 0.29) is 24.3 Å². The second-order valence-electron chi connectivity index (χ2n) is 4.52. The Labute approximate surface area is 101 Å². The van der Waals surface area contributed by atoms with Gasteiger partial charge in [-0.2, -0.15) is 0 Å². The maximum absolute atomic E-state index is 11.8. The molecular weight excluding hydrogens is 224 g/mol. The zero-order valence-corrected chi connectivity index (χ0v) is 10.2. The Morgan fingerprint density at radius 2 is 2.24 bits per heavy atom. The zero-order valence-electron chi connectivity index (χ0n) is 10.2. The standard InChI is InChI=1S/C11H20N2O4/c1-7(2)8(5-10(14)15)13-11(16)9-6-12-3-4-17-9/h7-9,12H,3-6H2,1-2H3,(H,13,16)(H,14,15). The van der Waals surface area contributed by atoms with Gasteiger partial charge in [0.15, 0.2) is 0 Å². The van der Waals surface area contributed by atoms with Crippen LogP contribution in [0, 0.1) is 5.92 Å².